The molecule has 2 aromatic heterocycles. The van der Waals surface area contributed by atoms with E-state index < -0.39 is 0 Å². The third-order valence-corrected chi connectivity index (χ3v) is 3.14. The number of thioether (sulfide) groups is 1. The predicted octanol–water partition coefficient (Wildman–Crippen LogP) is 2.21. The van der Waals surface area contributed by atoms with Gasteiger partial charge in [-0.05, 0) is 6.92 Å². The molecule has 0 saturated carbocycles. The number of rotatable bonds is 5. The van der Waals surface area contributed by atoms with E-state index in [9.17, 15) is 0 Å². The molecular formula is C11H13N3O2S. The zero-order chi connectivity index (χ0) is 12.1. The second kappa shape index (κ2) is 5.79. The zero-order valence-corrected chi connectivity index (χ0v) is 10.5. The van der Waals surface area contributed by atoms with Crippen LogP contribution in [0, 0.1) is 6.92 Å². The fourth-order valence-electron chi connectivity index (χ4n) is 1.36. The third-order valence-electron chi connectivity index (χ3n) is 2.07. The maximum Gasteiger partial charge on any atom is 0.147 e. The summed E-state index contributed by atoms with van der Waals surface area (Å²) in [5, 5.41) is 4.75. The molecule has 0 saturated heterocycles. The minimum absolute atomic E-state index is 0.513. The van der Waals surface area contributed by atoms with Crippen molar-refractivity contribution in [3.63, 3.8) is 0 Å². The summed E-state index contributed by atoms with van der Waals surface area (Å²) in [6, 6.07) is 1.92. The van der Waals surface area contributed by atoms with Crippen LogP contribution >= 0.6 is 11.8 Å². The number of hydrogen-bond acceptors (Lipinski definition) is 6. The monoisotopic (exact) mass is 251 g/mol. The Morgan fingerprint density at radius 3 is 3.06 bits per heavy atom. The van der Waals surface area contributed by atoms with Crippen LogP contribution in [0.25, 0.3) is 0 Å². The molecule has 0 spiro atoms. The van der Waals surface area contributed by atoms with Gasteiger partial charge in [-0.15, -0.1) is 0 Å². The lowest BCUT2D eigenvalue weighted by molar-refractivity contribution is 0.182. The average Bonchev–Trinajstić information content (AvgIpc) is 2.74. The van der Waals surface area contributed by atoms with E-state index in [4.69, 9.17) is 9.26 Å². The van der Waals surface area contributed by atoms with Crippen molar-refractivity contribution in [2.45, 2.75) is 24.3 Å². The number of nitrogens with zero attached hydrogens (tertiary/aromatic N) is 3. The molecule has 0 aliphatic rings. The molecular weight excluding hydrogens is 238 g/mol. The predicted molar refractivity (Wildman–Crippen MR) is 63.5 cm³/mol. The average molecular weight is 251 g/mol. The number of aromatic nitrogens is 3. The van der Waals surface area contributed by atoms with Gasteiger partial charge in [-0.3, -0.25) is 0 Å². The highest BCUT2D eigenvalue weighted by atomic mass is 32.2. The van der Waals surface area contributed by atoms with Crippen molar-refractivity contribution in [1.29, 1.82) is 0 Å². The van der Waals surface area contributed by atoms with Crippen molar-refractivity contribution >= 4 is 11.8 Å². The maximum atomic E-state index is 5.14. The van der Waals surface area contributed by atoms with E-state index in [0.29, 0.717) is 12.4 Å². The van der Waals surface area contributed by atoms with Crippen LogP contribution in [0.1, 0.15) is 17.0 Å². The summed E-state index contributed by atoms with van der Waals surface area (Å²) in [6.07, 6.45) is 3.30. The summed E-state index contributed by atoms with van der Waals surface area (Å²) < 4.78 is 10.2. The highest BCUT2D eigenvalue weighted by molar-refractivity contribution is 7.98. The SMILES string of the molecule is COCc1cncnc1SCc1cc(C)no1. The van der Waals surface area contributed by atoms with Gasteiger partial charge in [0.1, 0.15) is 17.1 Å². The van der Waals surface area contributed by atoms with E-state index in [1.165, 1.54) is 6.33 Å². The molecule has 0 fully saturated rings. The van der Waals surface area contributed by atoms with Gasteiger partial charge in [0.2, 0.25) is 0 Å². The maximum absolute atomic E-state index is 5.14. The summed E-state index contributed by atoms with van der Waals surface area (Å²) in [4.78, 5) is 8.21. The summed E-state index contributed by atoms with van der Waals surface area (Å²) in [6.45, 7) is 2.41. The standard InChI is InChI=1S/C11H13N3O2S/c1-8-3-10(16-14-8)6-17-11-9(5-15-2)4-12-7-13-11/h3-4,7H,5-6H2,1-2H3. The zero-order valence-electron chi connectivity index (χ0n) is 9.71. The molecule has 6 heteroatoms. The second-order valence-electron chi connectivity index (χ2n) is 3.51. The van der Waals surface area contributed by atoms with E-state index >= 15 is 0 Å². The lowest BCUT2D eigenvalue weighted by Gasteiger charge is -2.04. The Morgan fingerprint density at radius 1 is 1.47 bits per heavy atom. The molecule has 0 aliphatic carbocycles. The smallest absolute Gasteiger partial charge is 0.147 e. The van der Waals surface area contributed by atoms with Crippen LogP contribution in [-0.4, -0.2) is 22.2 Å². The van der Waals surface area contributed by atoms with E-state index in [1.807, 2.05) is 13.0 Å². The van der Waals surface area contributed by atoms with E-state index in [2.05, 4.69) is 15.1 Å². The molecule has 0 atom stereocenters. The molecule has 90 valence electrons. The molecule has 0 bridgehead atoms. The molecule has 0 aliphatic heterocycles. The van der Waals surface area contributed by atoms with Gasteiger partial charge in [0.25, 0.3) is 0 Å². The van der Waals surface area contributed by atoms with Gasteiger partial charge < -0.3 is 9.26 Å². The molecule has 2 rings (SSSR count). The van der Waals surface area contributed by atoms with Crippen LogP contribution < -0.4 is 0 Å². The summed E-state index contributed by atoms with van der Waals surface area (Å²) in [7, 11) is 1.65. The molecule has 0 radical (unpaired) electrons. The van der Waals surface area contributed by atoms with Crippen molar-refractivity contribution in [2.24, 2.45) is 0 Å². The van der Waals surface area contributed by atoms with Gasteiger partial charge in [0.05, 0.1) is 18.1 Å². The van der Waals surface area contributed by atoms with E-state index in [1.54, 1.807) is 25.1 Å². The summed E-state index contributed by atoms with van der Waals surface area (Å²) in [5.41, 5.74) is 1.87. The highest BCUT2D eigenvalue weighted by Crippen LogP contribution is 2.24. The van der Waals surface area contributed by atoms with E-state index in [0.717, 1.165) is 22.0 Å². The molecule has 2 aromatic rings. The Kier molecular flexibility index (Phi) is 4.11. The summed E-state index contributed by atoms with van der Waals surface area (Å²) >= 11 is 1.59. The molecule has 2 heterocycles. The Morgan fingerprint density at radius 2 is 2.35 bits per heavy atom. The van der Waals surface area contributed by atoms with Crippen LogP contribution in [-0.2, 0) is 17.1 Å². The highest BCUT2D eigenvalue weighted by Gasteiger charge is 2.07. The third kappa shape index (κ3) is 3.28. The fourth-order valence-corrected chi connectivity index (χ4v) is 2.19. The van der Waals surface area contributed by atoms with Crippen LogP contribution in [0.5, 0.6) is 0 Å². The first kappa shape index (κ1) is 12.1. The van der Waals surface area contributed by atoms with Gasteiger partial charge in [0.15, 0.2) is 0 Å². The van der Waals surface area contributed by atoms with Gasteiger partial charge >= 0.3 is 0 Å². The van der Waals surface area contributed by atoms with Gasteiger partial charge in [-0.1, -0.05) is 16.9 Å². The van der Waals surface area contributed by atoms with Crippen molar-refractivity contribution in [3.05, 3.63) is 35.6 Å². The van der Waals surface area contributed by atoms with Crippen molar-refractivity contribution in [2.75, 3.05) is 7.11 Å². The second-order valence-corrected chi connectivity index (χ2v) is 4.47. The first-order chi connectivity index (χ1) is 8.29. The largest absolute Gasteiger partial charge is 0.380 e. The number of hydrogen-bond donors (Lipinski definition) is 0. The minimum Gasteiger partial charge on any atom is -0.380 e. The Hall–Kier alpha value is -1.40. The van der Waals surface area contributed by atoms with Crippen LogP contribution in [0.4, 0.5) is 0 Å². The topological polar surface area (TPSA) is 61.0 Å². The Labute approximate surface area is 104 Å². The molecule has 0 amide bonds. The molecule has 0 unspecified atom stereocenters. The van der Waals surface area contributed by atoms with Gasteiger partial charge in [-0.2, -0.15) is 0 Å². The molecule has 5 nitrogen and oxygen atoms in total. The minimum atomic E-state index is 0.513. The van der Waals surface area contributed by atoms with Crippen LogP contribution in [0.3, 0.4) is 0 Å². The molecule has 17 heavy (non-hydrogen) atoms. The number of ether oxygens (including phenoxy) is 1. The van der Waals surface area contributed by atoms with Crippen LogP contribution in [0.15, 0.2) is 28.1 Å². The Bertz CT molecular complexity index is 487. The van der Waals surface area contributed by atoms with E-state index in [-0.39, 0.29) is 0 Å². The molecule has 0 aromatic carbocycles. The number of aryl methyl sites for hydroxylation is 1. The summed E-state index contributed by atoms with van der Waals surface area (Å²) in [5.74, 6) is 1.55. The van der Waals surface area contributed by atoms with Gasteiger partial charge in [-0.25, -0.2) is 9.97 Å². The normalized spacial score (nSPS) is 10.7. The lowest BCUT2D eigenvalue weighted by Crippen LogP contribution is -1.95. The van der Waals surface area contributed by atoms with Gasteiger partial charge in [0, 0.05) is 24.9 Å². The lowest BCUT2D eigenvalue weighted by atomic mass is 10.4. The fraction of sp³-hybridized carbons (Fsp3) is 0.364. The molecule has 0 N–H and O–H groups in total. The van der Waals surface area contributed by atoms with Crippen molar-refractivity contribution < 1.29 is 9.26 Å². The first-order valence-electron chi connectivity index (χ1n) is 5.12. The number of methoxy groups -OCH3 is 1. The van der Waals surface area contributed by atoms with Crippen molar-refractivity contribution in [1.82, 2.24) is 15.1 Å². The van der Waals surface area contributed by atoms with Crippen molar-refractivity contribution in [3.8, 4) is 0 Å². The Balaban J connectivity index is 2.03. The van der Waals surface area contributed by atoms with Crippen LogP contribution in [0.2, 0.25) is 0 Å². The first-order valence-corrected chi connectivity index (χ1v) is 6.11. The quantitative estimate of drug-likeness (QED) is 0.599.